The number of aliphatic carboxylic acids is 1. The monoisotopic (exact) mass is 262 g/mol. The maximum Gasteiger partial charge on any atom is 0.319 e. The number of carbonyl (C=O) groups excluding carboxylic acids is 2. The second-order valence-corrected chi connectivity index (χ2v) is 4.74. The molecule has 0 radical (unpaired) electrons. The van der Waals surface area contributed by atoms with Crippen molar-refractivity contribution in [2.24, 2.45) is 11.1 Å². The first kappa shape index (κ1) is 13.1. The van der Waals surface area contributed by atoms with Crippen LogP contribution in [0.5, 0.6) is 0 Å². The smallest absolute Gasteiger partial charge is 0.319 e. The van der Waals surface area contributed by atoms with Crippen molar-refractivity contribution in [1.82, 2.24) is 0 Å². The molecule has 4 N–H and O–H groups in total. The molecule has 1 aliphatic carbocycles. The summed E-state index contributed by atoms with van der Waals surface area (Å²) in [7, 11) is 0. The molecule has 0 aliphatic heterocycles. The van der Waals surface area contributed by atoms with Gasteiger partial charge in [-0.15, -0.1) is 0 Å². The van der Waals surface area contributed by atoms with Crippen LogP contribution in [0, 0.1) is 12.3 Å². The van der Waals surface area contributed by atoms with Crippen LogP contribution in [0.25, 0.3) is 0 Å². The lowest BCUT2D eigenvalue weighted by atomic mass is 10.1. The molecule has 2 rings (SSSR count). The van der Waals surface area contributed by atoms with Gasteiger partial charge < -0.3 is 16.2 Å². The van der Waals surface area contributed by atoms with Crippen molar-refractivity contribution in [2.45, 2.75) is 19.8 Å². The Morgan fingerprint density at radius 2 is 1.95 bits per heavy atom. The quantitative estimate of drug-likeness (QED) is 0.700. The van der Waals surface area contributed by atoms with E-state index in [4.69, 9.17) is 10.8 Å². The summed E-state index contributed by atoms with van der Waals surface area (Å²) in [6, 6.07) is 4.63. The van der Waals surface area contributed by atoms with Crippen LogP contribution in [0.1, 0.15) is 28.8 Å². The van der Waals surface area contributed by atoms with E-state index in [0.29, 0.717) is 29.7 Å². The molecule has 19 heavy (non-hydrogen) atoms. The van der Waals surface area contributed by atoms with E-state index in [9.17, 15) is 14.4 Å². The fourth-order valence-electron chi connectivity index (χ4n) is 1.93. The lowest BCUT2D eigenvalue weighted by Gasteiger charge is -2.12. The number of carbonyl (C=O) groups is 3. The molecule has 2 amide bonds. The summed E-state index contributed by atoms with van der Waals surface area (Å²) in [6.07, 6.45) is 0.707. The summed E-state index contributed by atoms with van der Waals surface area (Å²) in [5, 5.41) is 11.6. The number of carboxylic acid groups (broad SMARTS) is 1. The van der Waals surface area contributed by atoms with Crippen molar-refractivity contribution in [3.63, 3.8) is 0 Å². The highest BCUT2D eigenvalue weighted by Gasteiger charge is 2.57. The van der Waals surface area contributed by atoms with Gasteiger partial charge in [0.05, 0.1) is 0 Å². The SMILES string of the molecule is Cc1cc(NC(=O)C2(C(=O)O)CC2)ccc1C(N)=O. The van der Waals surface area contributed by atoms with E-state index in [0.717, 1.165) is 0 Å². The minimum atomic E-state index is -1.28. The number of anilines is 1. The first-order valence-corrected chi connectivity index (χ1v) is 5.82. The van der Waals surface area contributed by atoms with Crippen molar-refractivity contribution in [3.05, 3.63) is 29.3 Å². The highest BCUT2D eigenvalue weighted by Crippen LogP contribution is 2.46. The third-order valence-corrected chi connectivity index (χ3v) is 3.34. The Balaban J connectivity index is 2.17. The van der Waals surface area contributed by atoms with E-state index >= 15 is 0 Å². The average molecular weight is 262 g/mol. The zero-order chi connectivity index (χ0) is 14.2. The number of rotatable bonds is 4. The van der Waals surface area contributed by atoms with Crippen LogP contribution in [-0.4, -0.2) is 22.9 Å². The van der Waals surface area contributed by atoms with Crippen molar-refractivity contribution in [1.29, 1.82) is 0 Å². The number of nitrogens with one attached hydrogen (secondary N) is 1. The Labute approximate surface area is 109 Å². The minimum Gasteiger partial charge on any atom is -0.480 e. The van der Waals surface area contributed by atoms with Gasteiger partial charge in [-0.2, -0.15) is 0 Å². The van der Waals surface area contributed by atoms with Gasteiger partial charge in [-0.3, -0.25) is 14.4 Å². The number of hydrogen-bond donors (Lipinski definition) is 3. The molecule has 0 bridgehead atoms. The predicted octanol–water partition coefficient (Wildman–Crippen LogP) is 0.897. The Hall–Kier alpha value is -2.37. The van der Waals surface area contributed by atoms with Gasteiger partial charge >= 0.3 is 5.97 Å². The molecule has 1 aromatic rings. The Morgan fingerprint density at radius 1 is 1.32 bits per heavy atom. The molecule has 0 spiro atoms. The largest absolute Gasteiger partial charge is 0.480 e. The lowest BCUT2D eigenvalue weighted by Crippen LogP contribution is -2.31. The van der Waals surface area contributed by atoms with E-state index < -0.39 is 23.2 Å². The third-order valence-electron chi connectivity index (χ3n) is 3.34. The van der Waals surface area contributed by atoms with Gasteiger partial charge in [0.25, 0.3) is 0 Å². The zero-order valence-electron chi connectivity index (χ0n) is 10.4. The molecule has 0 heterocycles. The predicted molar refractivity (Wildman–Crippen MR) is 67.6 cm³/mol. The van der Waals surface area contributed by atoms with Gasteiger partial charge in [0.1, 0.15) is 5.41 Å². The molecule has 6 heteroatoms. The van der Waals surface area contributed by atoms with E-state index in [2.05, 4.69) is 5.32 Å². The first-order chi connectivity index (χ1) is 8.86. The maximum absolute atomic E-state index is 11.9. The average Bonchev–Trinajstić information content (AvgIpc) is 3.09. The van der Waals surface area contributed by atoms with Crippen LogP contribution < -0.4 is 11.1 Å². The molecule has 1 aliphatic rings. The minimum absolute atomic E-state index is 0.354. The molecular weight excluding hydrogens is 248 g/mol. The van der Waals surface area contributed by atoms with E-state index in [1.165, 1.54) is 12.1 Å². The number of hydrogen-bond acceptors (Lipinski definition) is 3. The summed E-state index contributed by atoms with van der Waals surface area (Å²) in [5.74, 6) is -2.17. The molecule has 0 unspecified atom stereocenters. The van der Waals surface area contributed by atoms with Crippen molar-refractivity contribution in [2.75, 3.05) is 5.32 Å². The second-order valence-electron chi connectivity index (χ2n) is 4.74. The van der Waals surface area contributed by atoms with Gasteiger partial charge in [-0.1, -0.05) is 0 Å². The molecule has 0 aromatic heterocycles. The topological polar surface area (TPSA) is 109 Å². The number of benzene rings is 1. The normalized spacial score (nSPS) is 15.6. The number of amides is 2. The van der Waals surface area contributed by atoms with Crippen LogP contribution in [0.4, 0.5) is 5.69 Å². The van der Waals surface area contributed by atoms with Crippen LogP contribution in [0.15, 0.2) is 18.2 Å². The van der Waals surface area contributed by atoms with Crippen LogP contribution in [0.3, 0.4) is 0 Å². The molecule has 1 fully saturated rings. The first-order valence-electron chi connectivity index (χ1n) is 5.82. The zero-order valence-corrected chi connectivity index (χ0v) is 10.4. The summed E-state index contributed by atoms with van der Waals surface area (Å²) in [6.45, 7) is 1.69. The summed E-state index contributed by atoms with van der Waals surface area (Å²) in [5.41, 5.74) is 5.36. The molecular formula is C13H14N2O4. The highest BCUT2D eigenvalue weighted by molar-refractivity contribution is 6.11. The van der Waals surface area contributed by atoms with Crippen LogP contribution in [0.2, 0.25) is 0 Å². The van der Waals surface area contributed by atoms with Crippen LogP contribution >= 0.6 is 0 Å². The van der Waals surface area contributed by atoms with Crippen molar-refractivity contribution >= 4 is 23.5 Å². The number of primary amides is 1. The molecule has 6 nitrogen and oxygen atoms in total. The molecule has 0 atom stereocenters. The van der Waals surface area contributed by atoms with Crippen molar-refractivity contribution in [3.8, 4) is 0 Å². The summed E-state index contributed by atoms with van der Waals surface area (Å²) in [4.78, 5) is 34.0. The van der Waals surface area contributed by atoms with Gasteiger partial charge in [-0.05, 0) is 43.5 Å². The lowest BCUT2D eigenvalue weighted by molar-refractivity contribution is -0.147. The Bertz CT molecular complexity index is 576. The Morgan fingerprint density at radius 3 is 2.37 bits per heavy atom. The van der Waals surface area contributed by atoms with E-state index in [1.807, 2.05) is 0 Å². The Kier molecular flexibility index (Phi) is 3.01. The third kappa shape index (κ3) is 2.29. The van der Waals surface area contributed by atoms with Crippen molar-refractivity contribution < 1.29 is 19.5 Å². The number of aryl methyl sites for hydroxylation is 1. The second kappa shape index (κ2) is 4.38. The highest BCUT2D eigenvalue weighted by atomic mass is 16.4. The molecule has 1 aromatic carbocycles. The summed E-state index contributed by atoms with van der Waals surface area (Å²) >= 11 is 0. The maximum atomic E-state index is 11.9. The fraction of sp³-hybridized carbons (Fsp3) is 0.308. The van der Waals surface area contributed by atoms with Gasteiger partial charge in [0.2, 0.25) is 11.8 Å². The van der Waals surface area contributed by atoms with E-state index in [1.54, 1.807) is 13.0 Å². The molecule has 100 valence electrons. The van der Waals surface area contributed by atoms with Gasteiger partial charge in [-0.25, -0.2) is 0 Å². The molecule has 1 saturated carbocycles. The number of nitrogens with two attached hydrogens (primary N) is 1. The van der Waals surface area contributed by atoms with Gasteiger partial charge in [0.15, 0.2) is 0 Å². The standard InChI is InChI=1S/C13H14N2O4/c1-7-6-8(2-3-9(7)10(14)16)15-11(17)13(4-5-13)12(18)19/h2-3,6H,4-5H2,1H3,(H2,14,16)(H,15,17)(H,18,19). The van der Waals surface area contributed by atoms with E-state index in [-0.39, 0.29) is 0 Å². The fourth-order valence-corrected chi connectivity index (χ4v) is 1.93. The molecule has 0 saturated heterocycles. The van der Waals surface area contributed by atoms with Crippen LogP contribution in [-0.2, 0) is 9.59 Å². The number of carboxylic acids is 1. The summed E-state index contributed by atoms with van der Waals surface area (Å²) < 4.78 is 0. The van der Waals surface area contributed by atoms with Gasteiger partial charge in [0, 0.05) is 11.3 Å².